The van der Waals surface area contributed by atoms with Crippen molar-refractivity contribution in [2.45, 2.75) is 32.0 Å². The van der Waals surface area contributed by atoms with Gasteiger partial charge in [0.2, 0.25) is 0 Å². The molecule has 0 N–H and O–H groups in total. The lowest BCUT2D eigenvalue weighted by Gasteiger charge is -2.14. The van der Waals surface area contributed by atoms with Crippen molar-refractivity contribution in [3.8, 4) is 0 Å². The van der Waals surface area contributed by atoms with Crippen LogP contribution in [0.25, 0.3) is 0 Å². The Morgan fingerprint density at radius 3 is 2.62 bits per heavy atom. The van der Waals surface area contributed by atoms with Gasteiger partial charge in [0, 0.05) is 4.88 Å². The molecule has 0 aliphatic carbocycles. The second kappa shape index (κ2) is 4.81. The number of alkyl halides is 1. The van der Waals surface area contributed by atoms with Gasteiger partial charge in [-0.25, -0.2) is 0 Å². The van der Waals surface area contributed by atoms with Gasteiger partial charge in [-0.2, -0.15) is 0 Å². The quantitative estimate of drug-likeness (QED) is 0.669. The van der Waals surface area contributed by atoms with E-state index in [0.717, 1.165) is 4.34 Å². The number of hydrogen-bond donors (Lipinski definition) is 0. The molecule has 0 fully saturated rings. The lowest BCUT2D eigenvalue weighted by atomic mass is 10.0. The maximum Gasteiger partial charge on any atom is 0.0960 e. The van der Waals surface area contributed by atoms with Crippen molar-refractivity contribution >= 4 is 38.9 Å². The average molecular weight is 282 g/mol. The summed E-state index contributed by atoms with van der Waals surface area (Å²) in [6.07, 6.45) is 1.19. The maximum absolute atomic E-state index is 6.02. The van der Waals surface area contributed by atoms with Crippen LogP contribution in [0.2, 0.25) is 4.34 Å². The molecule has 0 aliphatic heterocycles. The Labute approximate surface area is 97.4 Å². The first-order chi connectivity index (χ1) is 6.06. The summed E-state index contributed by atoms with van der Waals surface area (Å²) in [5.74, 6) is 0.661. The molecule has 0 saturated carbocycles. The van der Waals surface area contributed by atoms with Gasteiger partial charge >= 0.3 is 0 Å². The van der Waals surface area contributed by atoms with Crippen molar-refractivity contribution in [2.75, 3.05) is 0 Å². The predicted octanol–water partition coefficient (Wildman–Crippen LogP) is 5.19. The first-order valence-corrected chi connectivity index (χ1v) is 6.57. The van der Waals surface area contributed by atoms with Crippen LogP contribution in [0.3, 0.4) is 0 Å². The molecule has 0 bridgehead atoms. The summed E-state index contributed by atoms with van der Waals surface area (Å²) in [4.78, 5) is 1.80. The van der Waals surface area contributed by atoms with Gasteiger partial charge in [-0.15, -0.1) is 11.3 Å². The van der Waals surface area contributed by atoms with Gasteiger partial charge in [0.05, 0.1) is 9.16 Å². The Bertz CT molecular complexity index is 263. The molecule has 74 valence electrons. The molecule has 2 atom stereocenters. The minimum atomic E-state index is 0.452. The lowest BCUT2D eigenvalue weighted by molar-refractivity contribution is 0.560. The molecule has 2 unspecified atom stereocenters. The fraction of sp³-hybridized carbons (Fsp3) is 0.600. The van der Waals surface area contributed by atoms with Gasteiger partial charge in [-0.3, -0.25) is 0 Å². The van der Waals surface area contributed by atoms with E-state index in [1.165, 1.54) is 16.9 Å². The molecular formula is C10H14BrClS. The smallest absolute Gasteiger partial charge is 0.0960 e. The van der Waals surface area contributed by atoms with Crippen LogP contribution in [0.15, 0.2) is 6.07 Å². The van der Waals surface area contributed by atoms with Gasteiger partial charge < -0.3 is 0 Å². The third-order valence-electron chi connectivity index (χ3n) is 2.29. The molecule has 3 heteroatoms. The minimum absolute atomic E-state index is 0.452. The fourth-order valence-electron chi connectivity index (χ4n) is 1.11. The van der Waals surface area contributed by atoms with Gasteiger partial charge in [0.15, 0.2) is 0 Å². The predicted molar refractivity (Wildman–Crippen MR) is 65.2 cm³/mol. The standard InChI is InChI=1S/C10H14BrClS/c1-4-6(2)9(11)8-5-7(3)10(12)13-8/h5-6,9H,4H2,1-3H3. The molecule has 0 spiro atoms. The lowest BCUT2D eigenvalue weighted by Crippen LogP contribution is -1.99. The second-order valence-corrected chi connectivity index (χ2v) is 6.07. The van der Waals surface area contributed by atoms with Gasteiger partial charge in [0.25, 0.3) is 0 Å². The van der Waals surface area contributed by atoms with Crippen LogP contribution in [0, 0.1) is 12.8 Å². The minimum Gasteiger partial charge on any atom is -0.127 e. The summed E-state index contributed by atoms with van der Waals surface area (Å²) in [5, 5.41) is 0. The molecule has 1 rings (SSSR count). The van der Waals surface area contributed by atoms with E-state index in [2.05, 4.69) is 42.8 Å². The van der Waals surface area contributed by atoms with E-state index in [-0.39, 0.29) is 0 Å². The Balaban J connectivity index is 2.82. The van der Waals surface area contributed by atoms with E-state index in [4.69, 9.17) is 11.6 Å². The van der Waals surface area contributed by atoms with Crippen LogP contribution in [-0.4, -0.2) is 0 Å². The van der Waals surface area contributed by atoms with E-state index in [1.54, 1.807) is 11.3 Å². The highest BCUT2D eigenvalue weighted by Gasteiger charge is 2.17. The highest BCUT2D eigenvalue weighted by molar-refractivity contribution is 9.09. The van der Waals surface area contributed by atoms with Gasteiger partial charge in [0.1, 0.15) is 0 Å². The summed E-state index contributed by atoms with van der Waals surface area (Å²) in [6.45, 7) is 6.52. The zero-order valence-corrected chi connectivity index (χ0v) is 11.3. The van der Waals surface area contributed by atoms with Crippen LogP contribution < -0.4 is 0 Å². The van der Waals surface area contributed by atoms with E-state index in [9.17, 15) is 0 Å². The van der Waals surface area contributed by atoms with Gasteiger partial charge in [-0.1, -0.05) is 47.8 Å². The van der Waals surface area contributed by atoms with E-state index < -0.39 is 0 Å². The first kappa shape index (κ1) is 11.5. The number of rotatable bonds is 3. The van der Waals surface area contributed by atoms with Crippen LogP contribution >= 0.6 is 38.9 Å². The fourth-order valence-corrected chi connectivity index (χ4v) is 3.22. The summed E-state index contributed by atoms with van der Waals surface area (Å²) < 4.78 is 0.919. The monoisotopic (exact) mass is 280 g/mol. The highest BCUT2D eigenvalue weighted by Crippen LogP contribution is 2.39. The molecule has 1 aromatic heterocycles. The third-order valence-corrected chi connectivity index (χ3v) is 5.63. The molecule has 0 aromatic carbocycles. The number of thiophene rings is 1. The van der Waals surface area contributed by atoms with Crippen molar-refractivity contribution in [3.05, 3.63) is 20.8 Å². The maximum atomic E-state index is 6.02. The third kappa shape index (κ3) is 2.71. The van der Waals surface area contributed by atoms with Crippen LogP contribution in [0.1, 0.15) is 35.5 Å². The molecular weight excluding hydrogens is 268 g/mol. The zero-order valence-electron chi connectivity index (χ0n) is 8.10. The Morgan fingerprint density at radius 2 is 2.23 bits per heavy atom. The SMILES string of the molecule is CCC(C)C(Br)c1cc(C)c(Cl)s1. The molecule has 0 saturated heterocycles. The molecule has 0 amide bonds. The topological polar surface area (TPSA) is 0 Å². The largest absolute Gasteiger partial charge is 0.127 e. The van der Waals surface area contributed by atoms with Crippen molar-refractivity contribution in [1.82, 2.24) is 0 Å². The first-order valence-electron chi connectivity index (χ1n) is 4.46. The molecule has 0 nitrogen and oxygen atoms in total. The van der Waals surface area contributed by atoms with Gasteiger partial charge in [-0.05, 0) is 24.5 Å². The van der Waals surface area contributed by atoms with Crippen LogP contribution in [-0.2, 0) is 0 Å². The summed E-state index contributed by atoms with van der Waals surface area (Å²) >= 11 is 11.4. The van der Waals surface area contributed by atoms with Crippen molar-refractivity contribution in [3.63, 3.8) is 0 Å². The molecule has 0 aliphatic rings. The van der Waals surface area contributed by atoms with Crippen molar-refractivity contribution in [2.24, 2.45) is 5.92 Å². The molecule has 13 heavy (non-hydrogen) atoms. The van der Waals surface area contributed by atoms with Crippen molar-refractivity contribution < 1.29 is 0 Å². The van der Waals surface area contributed by atoms with Crippen LogP contribution in [0.5, 0.6) is 0 Å². The number of aryl methyl sites for hydroxylation is 1. The number of halogens is 2. The summed E-state index contributed by atoms with van der Waals surface area (Å²) in [7, 11) is 0. The highest BCUT2D eigenvalue weighted by atomic mass is 79.9. The summed E-state index contributed by atoms with van der Waals surface area (Å²) in [5.41, 5.74) is 1.19. The van der Waals surface area contributed by atoms with E-state index in [0.29, 0.717) is 10.7 Å². The Hall–Kier alpha value is 0.470. The Kier molecular flexibility index (Phi) is 4.27. The van der Waals surface area contributed by atoms with Crippen molar-refractivity contribution in [1.29, 1.82) is 0 Å². The normalized spacial score (nSPS) is 15.8. The molecule has 1 aromatic rings. The zero-order chi connectivity index (χ0) is 10.0. The second-order valence-electron chi connectivity index (χ2n) is 3.39. The van der Waals surface area contributed by atoms with Crippen LogP contribution in [0.4, 0.5) is 0 Å². The van der Waals surface area contributed by atoms with E-state index >= 15 is 0 Å². The average Bonchev–Trinajstić information content (AvgIpc) is 2.44. The molecule has 1 heterocycles. The number of hydrogen-bond acceptors (Lipinski definition) is 1. The molecule has 0 radical (unpaired) electrons. The van der Waals surface area contributed by atoms with E-state index in [1.807, 2.05) is 0 Å². The summed E-state index contributed by atoms with van der Waals surface area (Å²) in [6, 6.07) is 2.18. The Morgan fingerprint density at radius 1 is 1.62 bits per heavy atom.